The van der Waals surface area contributed by atoms with Crippen molar-refractivity contribution in [2.75, 3.05) is 0 Å². The fraction of sp³-hybridized carbons (Fsp3) is 0.700. The van der Waals surface area contributed by atoms with Gasteiger partial charge < -0.3 is 14.6 Å². The van der Waals surface area contributed by atoms with Crippen molar-refractivity contribution in [2.45, 2.75) is 72.2 Å². The minimum atomic E-state index is -0.546. The summed E-state index contributed by atoms with van der Waals surface area (Å²) in [6.07, 6.45) is 2.75. The largest absolute Gasteiger partial charge is 0.454 e. The van der Waals surface area contributed by atoms with Crippen molar-refractivity contribution in [1.29, 1.82) is 0 Å². The van der Waals surface area contributed by atoms with Gasteiger partial charge in [0.1, 0.15) is 12.2 Å². The van der Waals surface area contributed by atoms with Gasteiger partial charge in [0.2, 0.25) is 0 Å². The van der Waals surface area contributed by atoms with E-state index >= 15 is 0 Å². The molecule has 0 aromatic rings. The van der Waals surface area contributed by atoms with Crippen LogP contribution >= 0.6 is 0 Å². The van der Waals surface area contributed by atoms with Gasteiger partial charge in [-0.1, -0.05) is 19.9 Å². The first-order chi connectivity index (χ1) is 11.7. The third-order valence-corrected chi connectivity index (χ3v) is 6.91. The fourth-order valence-electron chi connectivity index (χ4n) is 4.83. The van der Waals surface area contributed by atoms with Crippen molar-refractivity contribution in [3.63, 3.8) is 0 Å². The maximum Gasteiger partial charge on any atom is 0.334 e. The Labute approximate surface area is 149 Å². The molecule has 25 heavy (non-hydrogen) atoms. The molecule has 0 amide bonds. The summed E-state index contributed by atoms with van der Waals surface area (Å²) in [5, 5.41) is 10.5. The normalized spacial score (nSPS) is 41.1. The molecule has 0 unspecified atom stereocenters. The molecule has 2 saturated carbocycles. The van der Waals surface area contributed by atoms with Gasteiger partial charge in [-0.25, -0.2) is 9.59 Å². The average molecular weight is 348 g/mol. The van der Waals surface area contributed by atoms with Crippen LogP contribution in [0.1, 0.15) is 53.9 Å². The first kappa shape index (κ1) is 18.2. The molecule has 0 aromatic carbocycles. The van der Waals surface area contributed by atoms with Crippen LogP contribution < -0.4 is 0 Å². The van der Waals surface area contributed by atoms with Crippen LogP contribution in [0.5, 0.6) is 0 Å². The summed E-state index contributed by atoms with van der Waals surface area (Å²) in [4.78, 5) is 24.7. The summed E-state index contributed by atoms with van der Waals surface area (Å²) < 4.78 is 11.5. The minimum absolute atomic E-state index is 0.0353. The molecular formula is C20H28O5. The van der Waals surface area contributed by atoms with E-state index in [1.807, 2.05) is 6.92 Å². The molecule has 3 rings (SSSR count). The van der Waals surface area contributed by atoms with E-state index in [1.165, 1.54) is 0 Å². The Morgan fingerprint density at radius 1 is 1.40 bits per heavy atom. The number of allylic oxidation sites excluding steroid dienone is 1. The molecule has 1 heterocycles. The summed E-state index contributed by atoms with van der Waals surface area (Å²) in [6.45, 7) is 9.37. The van der Waals surface area contributed by atoms with Crippen molar-refractivity contribution in [2.24, 2.45) is 17.3 Å². The first-order valence-corrected chi connectivity index (χ1v) is 9.15. The number of fused-ring (bicyclic) bond motifs is 2. The number of hydrogen-bond donors (Lipinski definition) is 1. The highest BCUT2D eigenvalue weighted by Crippen LogP contribution is 2.57. The van der Waals surface area contributed by atoms with Crippen molar-refractivity contribution in [3.05, 3.63) is 22.8 Å². The number of esters is 2. The van der Waals surface area contributed by atoms with Gasteiger partial charge in [-0.05, 0) is 51.9 Å². The SMILES string of the molecule is C/C=C(/C)C(=O)O[C@@H]1C2=C(C)C(=O)O[C@H]2C[C@H]2CC[C@H](O)[C@H](C)[C@]21C. The lowest BCUT2D eigenvalue weighted by Gasteiger charge is -2.56. The molecule has 2 aliphatic carbocycles. The van der Waals surface area contributed by atoms with E-state index < -0.39 is 17.6 Å². The second kappa shape index (κ2) is 6.27. The Morgan fingerprint density at radius 2 is 2.08 bits per heavy atom. The first-order valence-electron chi connectivity index (χ1n) is 9.15. The van der Waals surface area contributed by atoms with Crippen molar-refractivity contribution in [1.82, 2.24) is 0 Å². The quantitative estimate of drug-likeness (QED) is 0.613. The van der Waals surface area contributed by atoms with E-state index in [9.17, 15) is 14.7 Å². The lowest BCUT2D eigenvalue weighted by molar-refractivity contribution is -0.175. The van der Waals surface area contributed by atoms with Crippen LogP contribution in [0.2, 0.25) is 0 Å². The van der Waals surface area contributed by atoms with Crippen molar-refractivity contribution < 1.29 is 24.2 Å². The molecule has 0 spiro atoms. The standard InChI is InChI=1S/C20H28O5/c1-6-10(2)18(22)25-17-16-11(3)19(23)24-15(16)9-13-7-8-14(21)12(4)20(13,17)5/h6,12-15,17,21H,7-9H2,1-5H3/b10-6-/t12-,13+,14-,15-,17+,20+/m0/s1. The fourth-order valence-corrected chi connectivity index (χ4v) is 4.83. The van der Waals surface area contributed by atoms with Crippen LogP contribution in [0.15, 0.2) is 22.8 Å². The molecule has 5 heteroatoms. The number of hydrogen-bond acceptors (Lipinski definition) is 5. The molecule has 0 radical (unpaired) electrons. The zero-order valence-corrected chi connectivity index (χ0v) is 15.7. The number of aliphatic hydroxyl groups is 1. The molecule has 138 valence electrons. The monoisotopic (exact) mass is 348 g/mol. The molecule has 1 N–H and O–H groups in total. The van der Waals surface area contributed by atoms with Crippen LogP contribution in [0.4, 0.5) is 0 Å². The molecule has 0 aromatic heterocycles. The van der Waals surface area contributed by atoms with Gasteiger partial charge in [0.25, 0.3) is 0 Å². The Hall–Kier alpha value is -1.62. The zero-order chi connectivity index (χ0) is 18.5. The van der Waals surface area contributed by atoms with Gasteiger partial charge in [0, 0.05) is 22.1 Å². The highest BCUT2D eigenvalue weighted by Gasteiger charge is 2.60. The predicted octanol–water partition coefficient (Wildman–Crippen LogP) is 2.92. The number of aliphatic hydroxyl groups excluding tert-OH is 1. The maximum atomic E-state index is 12.5. The molecule has 0 saturated heterocycles. The average Bonchev–Trinajstić information content (AvgIpc) is 2.86. The maximum absolute atomic E-state index is 12.5. The summed E-state index contributed by atoms with van der Waals surface area (Å²) >= 11 is 0. The van der Waals surface area contributed by atoms with Crippen LogP contribution in [-0.2, 0) is 19.1 Å². The predicted molar refractivity (Wildman–Crippen MR) is 92.5 cm³/mol. The molecule has 6 atom stereocenters. The Bertz CT molecular complexity index is 661. The minimum Gasteiger partial charge on any atom is -0.454 e. The second-order valence-electron chi connectivity index (χ2n) is 7.96. The Balaban J connectivity index is 2.08. The summed E-state index contributed by atoms with van der Waals surface area (Å²) in [7, 11) is 0. The lowest BCUT2D eigenvalue weighted by Crippen LogP contribution is -2.58. The molecular weight excluding hydrogens is 320 g/mol. The third-order valence-electron chi connectivity index (χ3n) is 6.91. The molecule has 3 aliphatic rings. The van der Waals surface area contributed by atoms with E-state index in [2.05, 4.69) is 6.92 Å². The summed E-state index contributed by atoms with van der Waals surface area (Å²) in [6, 6.07) is 0. The van der Waals surface area contributed by atoms with E-state index in [-0.39, 0.29) is 29.9 Å². The van der Waals surface area contributed by atoms with Gasteiger partial charge in [-0.2, -0.15) is 0 Å². The van der Waals surface area contributed by atoms with Gasteiger partial charge >= 0.3 is 11.9 Å². The molecule has 5 nitrogen and oxygen atoms in total. The number of carbonyl (C=O) groups excluding carboxylic acids is 2. The Morgan fingerprint density at radius 3 is 2.72 bits per heavy atom. The van der Waals surface area contributed by atoms with Crippen LogP contribution in [-0.4, -0.2) is 35.4 Å². The van der Waals surface area contributed by atoms with Crippen molar-refractivity contribution >= 4 is 11.9 Å². The zero-order valence-electron chi connectivity index (χ0n) is 15.7. The molecule has 2 fully saturated rings. The van der Waals surface area contributed by atoms with Gasteiger partial charge in [0.05, 0.1) is 6.10 Å². The van der Waals surface area contributed by atoms with Crippen LogP contribution in [0, 0.1) is 17.3 Å². The van der Waals surface area contributed by atoms with E-state index in [0.29, 0.717) is 11.1 Å². The number of carbonyl (C=O) groups is 2. The highest BCUT2D eigenvalue weighted by atomic mass is 16.6. The molecule has 0 bridgehead atoms. The second-order valence-corrected chi connectivity index (χ2v) is 7.96. The topological polar surface area (TPSA) is 72.8 Å². The lowest BCUT2D eigenvalue weighted by atomic mass is 9.52. The van der Waals surface area contributed by atoms with E-state index in [1.54, 1.807) is 26.8 Å². The highest BCUT2D eigenvalue weighted by molar-refractivity contribution is 5.93. The summed E-state index contributed by atoms with van der Waals surface area (Å²) in [5.74, 6) is -0.492. The Kier molecular flexibility index (Phi) is 4.56. The number of ether oxygens (including phenoxy) is 2. The van der Waals surface area contributed by atoms with E-state index in [0.717, 1.165) is 24.8 Å². The summed E-state index contributed by atoms with van der Waals surface area (Å²) in [5.41, 5.74) is 1.46. The van der Waals surface area contributed by atoms with Crippen LogP contribution in [0.25, 0.3) is 0 Å². The van der Waals surface area contributed by atoms with Gasteiger partial charge in [-0.15, -0.1) is 0 Å². The van der Waals surface area contributed by atoms with Gasteiger partial charge in [-0.3, -0.25) is 0 Å². The number of rotatable bonds is 2. The van der Waals surface area contributed by atoms with E-state index in [4.69, 9.17) is 9.47 Å². The smallest absolute Gasteiger partial charge is 0.334 e. The van der Waals surface area contributed by atoms with Crippen LogP contribution in [0.3, 0.4) is 0 Å². The molecule has 1 aliphatic heterocycles. The van der Waals surface area contributed by atoms with Crippen molar-refractivity contribution in [3.8, 4) is 0 Å². The van der Waals surface area contributed by atoms with Gasteiger partial charge in [0.15, 0.2) is 0 Å². The third kappa shape index (κ3) is 2.64.